The van der Waals surface area contributed by atoms with Crippen LogP contribution < -0.4 is 5.32 Å². The summed E-state index contributed by atoms with van der Waals surface area (Å²) in [5, 5.41) is 9.73. The van der Waals surface area contributed by atoms with E-state index in [0.717, 1.165) is 22.1 Å². The molecule has 1 aliphatic rings. The molecule has 0 spiro atoms. The van der Waals surface area contributed by atoms with Gasteiger partial charge in [-0.3, -0.25) is 9.89 Å². The second-order valence-corrected chi connectivity index (χ2v) is 10.2. The van der Waals surface area contributed by atoms with Crippen LogP contribution in [-0.2, 0) is 11.2 Å². The zero-order valence-electron chi connectivity index (χ0n) is 19.7. The molecule has 1 aliphatic carbocycles. The van der Waals surface area contributed by atoms with E-state index in [-0.39, 0.29) is 36.0 Å². The number of aromatic nitrogens is 4. The fraction of sp³-hybridized carbons (Fsp3) is 0.417. The second-order valence-electron chi connectivity index (χ2n) is 9.01. The summed E-state index contributed by atoms with van der Waals surface area (Å²) in [5.41, 5.74) is -0.0506. The maximum absolute atomic E-state index is 13.9. The lowest BCUT2D eigenvalue weighted by Crippen LogP contribution is -2.41. The molecule has 2 N–H and O–H groups in total. The number of thiazole rings is 1. The normalized spacial score (nSPS) is 16.4. The van der Waals surface area contributed by atoms with Gasteiger partial charge in [0.25, 0.3) is 0 Å². The molecule has 0 radical (unpaired) electrons. The van der Waals surface area contributed by atoms with E-state index >= 15 is 0 Å². The van der Waals surface area contributed by atoms with Crippen molar-refractivity contribution in [2.75, 3.05) is 20.6 Å². The van der Waals surface area contributed by atoms with E-state index < -0.39 is 17.5 Å². The summed E-state index contributed by atoms with van der Waals surface area (Å²) in [6.45, 7) is 2.07. The van der Waals surface area contributed by atoms with Crippen LogP contribution in [0.25, 0.3) is 17.0 Å². The van der Waals surface area contributed by atoms with Crippen molar-refractivity contribution in [2.24, 2.45) is 5.41 Å². The topological polar surface area (TPSA) is 86.8 Å². The number of hydrogen-bond acceptors (Lipinski definition) is 6. The number of hydrogen-bond donors (Lipinski definition) is 2. The third-order valence-electron chi connectivity index (χ3n) is 6.29. The number of allylic oxidation sites excluding steroid dienone is 1. The van der Waals surface area contributed by atoms with Gasteiger partial charge in [0.15, 0.2) is 5.82 Å². The van der Waals surface area contributed by atoms with Crippen molar-refractivity contribution in [1.29, 1.82) is 0 Å². The van der Waals surface area contributed by atoms with Gasteiger partial charge in [-0.1, -0.05) is 24.3 Å². The van der Waals surface area contributed by atoms with Gasteiger partial charge in [-0.2, -0.15) is 18.3 Å². The number of rotatable bonds is 9. The highest BCUT2D eigenvalue weighted by Gasteiger charge is 2.66. The van der Waals surface area contributed by atoms with E-state index in [9.17, 15) is 18.0 Å². The van der Waals surface area contributed by atoms with E-state index in [4.69, 9.17) is 0 Å². The Bertz CT molecular complexity index is 1180. The van der Waals surface area contributed by atoms with E-state index in [2.05, 4.69) is 25.5 Å². The Kier molecular flexibility index (Phi) is 7.09. The molecule has 35 heavy (non-hydrogen) atoms. The van der Waals surface area contributed by atoms with Crippen LogP contribution in [0.1, 0.15) is 28.3 Å². The fourth-order valence-corrected chi connectivity index (χ4v) is 4.85. The number of nitrogens with one attached hydrogen (secondary N) is 2. The van der Waals surface area contributed by atoms with Crippen LogP contribution in [0.5, 0.6) is 0 Å². The highest BCUT2D eigenvalue weighted by molar-refractivity contribution is 7.12. The molecule has 1 atom stereocenters. The van der Waals surface area contributed by atoms with Gasteiger partial charge >= 0.3 is 6.18 Å². The molecule has 1 fully saturated rings. The smallest absolute Gasteiger partial charge is 0.351 e. The monoisotopic (exact) mass is 504 g/mol. The Labute approximate surface area is 205 Å². The predicted octanol–water partition coefficient (Wildman–Crippen LogP) is 4.25. The van der Waals surface area contributed by atoms with E-state index in [1.807, 2.05) is 43.3 Å². The highest BCUT2D eigenvalue weighted by atomic mass is 32.1. The van der Waals surface area contributed by atoms with Crippen LogP contribution in [0.4, 0.5) is 13.2 Å². The number of amides is 1. The van der Waals surface area contributed by atoms with Crippen LogP contribution in [0, 0.1) is 12.3 Å². The Morgan fingerprint density at radius 2 is 1.97 bits per heavy atom. The Balaban J connectivity index is 1.45. The molecule has 2 aromatic heterocycles. The first kappa shape index (κ1) is 25.1. The highest BCUT2D eigenvalue weighted by Crippen LogP contribution is 2.65. The van der Waals surface area contributed by atoms with E-state index in [1.165, 1.54) is 23.9 Å². The number of aryl methyl sites for hydroxylation is 1. The summed E-state index contributed by atoms with van der Waals surface area (Å²) in [6, 6.07) is 7.81. The molecule has 186 valence electrons. The third kappa shape index (κ3) is 5.62. The largest absolute Gasteiger partial charge is 0.398 e. The number of H-pyrrole nitrogens is 1. The Hall–Kier alpha value is -3.05. The zero-order chi connectivity index (χ0) is 25.2. The number of benzene rings is 1. The van der Waals surface area contributed by atoms with Gasteiger partial charge in [0.2, 0.25) is 5.91 Å². The van der Waals surface area contributed by atoms with Crippen molar-refractivity contribution < 1.29 is 18.0 Å². The molecule has 1 aromatic carbocycles. The molecular weight excluding hydrogens is 477 g/mol. The molecular formula is C24H27F3N6OS. The van der Waals surface area contributed by atoms with Crippen molar-refractivity contribution in [1.82, 2.24) is 30.4 Å². The Morgan fingerprint density at radius 1 is 1.26 bits per heavy atom. The van der Waals surface area contributed by atoms with Gasteiger partial charge in [0.1, 0.15) is 11.3 Å². The molecule has 7 nitrogen and oxygen atoms in total. The number of carbonyl (C=O) groups is 1. The van der Waals surface area contributed by atoms with Gasteiger partial charge in [0, 0.05) is 40.9 Å². The second kappa shape index (κ2) is 9.90. The molecule has 3 aromatic rings. The number of alkyl halides is 3. The maximum Gasteiger partial charge on any atom is 0.398 e. The van der Waals surface area contributed by atoms with E-state index in [1.54, 1.807) is 6.92 Å². The minimum absolute atomic E-state index is 0.0291. The third-order valence-corrected chi connectivity index (χ3v) is 7.24. The summed E-state index contributed by atoms with van der Waals surface area (Å²) < 4.78 is 41.6. The van der Waals surface area contributed by atoms with Crippen molar-refractivity contribution in [3.05, 3.63) is 58.3 Å². The van der Waals surface area contributed by atoms with Crippen LogP contribution in [0.2, 0.25) is 0 Å². The SMILES string of the molecule is Cc1cnc(C(=CC(=O)NC[C@H](Cc2ccc(-c3ncn[nH]3)cc2)N(C)C)C2(C(F)(F)F)CC2)s1. The molecule has 0 unspecified atom stereocenters. The van der Waals surface area contributed by atoms with Crippen molar-refractivity contribution in [2.45, 2.75) is 38.4 Å². The van der Waals surface area contributed by atoms with Crippen molar-refractivity contribution in [3.8, 4) is 11.4 Å². The van der Waals surface area contributed by atoms with E-state index in [0.29, 0.717) is 12.2 Å². The lowest BCUT2D eigenvalue weighted by atomic mass is 9.94. The van der Waals surface area contributed by atoms with Gasteiger partial charge in [-0.05, 0) is 45.8 Å². The molecule has 4 rings (SSSR count). The van der Waals surface area contributed by atoms with Crippen LogP contribution in [-0.4, -0.2) is 63.8 Å². The molecule has 0 bridgehead atoms. The first-order chi connectivity index (χ1) is 16.6. The number of halogens is 3. The molecule has 11 heteroatoms. The van der Waals surface area contributed by atoms with Crippen LogP contribution in [0.3, 0.4) is 0 Å². The van der Waals surface area contributed by atoms with Gasteiger partial charge in [0.05, 0.1) is 5.41 Å². The Morgan fingerprint density at radius 3 is 2.49 bits per heavy atom. The number of carbonyl (C=O) groups excluding carboxylic acids is 1. The number of nitrogens with zero attached hydrogens (tertiary/aromatic N) is 4. The average molecular weight is 505 g/mol. The van der Waals surface area contributed by atoms with Gasteiger partial charge in [-0.15, -0.1) is 11.3 Å². The minimum Gasteiger partial charge on any atom is -0.351 e. The first-order valence-corrected chi connectivity index (χ1v) is 12.0. The van der Waals surface area contributed by atoms with Crippen molar-refractivity contribution in [3.63, 3.8) is 0 Å². The summed E-state index contributed by atoms with van der Waals surface area (Å²) in [5.74, 6) is 0.133. The molecule has 2 heterocycles. The lowest BCUT2D eigenvalue weighted by Gasteiger charge is -2.25. The maximum atomic E-state index is 13.9. The fourth-order valence-electron chi connectivity index (χ4n) is 3.97. The molecule has 1 amide bonds. The number of aromatic amines is 1. The predicted molar refractivity (Wildman–Crippen MR) is 129 cm³/mol. The van der Waals surface area contributed by atoms with Gasteiger partial charge < -0.3 is 10.2 Å². The average Bonchev–Trinajstić information content (AvgIpc) is 3.23. The summed E-state index contributed by atoms with van der Waals surface area (Å²) in [4.78, 5) is 23.8. The van der Waals surface area contributed by atoms with Crippen LogP contribution >= 0.6 is 11.3 Å². The summed E-state index contributed by atoms with van der Waals surface area (Å²) in [6.07, 6.45) is 0.244. The first-order valence-electron chi connectivity index (χ1n) is 11.2. The minimum atomic E-state index is -4.43. The number of likely N-dealkylation sites (N-methyl/N-ethyl adjacent to an activating group) is 1. The lowest BCUT2D eigenvalue weighted by molar-refractivity contribution is -0.168. The summed E-state index contributed by atoms with van der Waals surface area (Å²) in [7, 11) is 3.81. The standard InChI is InChI=1S/C24H27F3N6OS/c1-15-12-29-22(35-15)19(23(8-9-23)24(25,26)27)11-20(34)28-13-18(33(2)3)10-16-4-6-17(7-5-16)21-30-14-31-32-21/h4-7,11-12,14,18H,8-10,13H2,1-3H3,(H,28,34)(H,30,31,32)/t18-/m0/s1. The quantitative estimate of drug-likeness (QED) is 0.426. The van der Waals surface area contributed by atoms with Crippen LogP contribution in [0.15, 0.2) is 42.9 Å². The molecule has 0 saturated heterocycles. The summed E-state index contributed by atoms with van der Waals surface area (Å²) >= 11 is 1.17. The van der Waals surface area contributed by atoms with Gasteiger partial charge in [-0.25, -0.2) is 9.97 Å². The molecule has 1 saturated carbocycles. The van der Waals surface area contributed by atoms with Crippen molar-refractivity contribution >= 4 is 22.8 Å². The zero-order valence-corrected chi connectivity index (χ0v) is 20.5. The molecule has 0 aliphatic heterocycles.